The molecule has 0 spiro atoms. The predicted octanol–water partition coefficient (Wildman–Crippen LogP) is 5.34. The first-order valence-corrected chi connectivity index (χ1v) is 9.67. The van der Waals surface area contributed by atoms with Gasteiger partial charge in [0.25, 0.3) is 0 Å². The summed E-state index contributed by atoms with van der Waals surface area (Å²) >= 11 is 0. The van der Waals surface area contributed by atoms with Crippen LogP contribution < -0.4 is 0 Å². The van der Waals surface area contributed by atoms with Crippen LogP contribution in [0.5, 0.6) is 0 Å². The van der Waals surface area contributed by atoms with Gasteiger partial charge in [-0.1, -0.05) is 26.0 Å². The molecule has 0 aromatic rings. The van der Waals surface area contributed by atoms with E-state index in [-0.39, 0.29) is 5.41 Å². The summed E-state index contributed by atoms with van der Waals surface area (Å²) in [6.45, 7) is 11.5. The maximum Gasteiger partial charge on any atom is 0.0675 e. The van der Waals surface area contributed by atoms with Gasteiger partial charge in [0.2, 0.25) is 0 Å². The Morgan fingerprint density at radius 1 is 0.955 bits per heavy atom. The van der Waals surface area contributed by atoms with E-state index in [9.17, 15) is 5.11 Å². The van der Waals surface area contributed by atoms with E-state index < -0.39 is 5.60 Å². The van der Waals surface area contributed by atoms with Gasteiger partial charge in [0.1, 0.15) is 0 Å². The molecule has 4 fully saturated rings. The van der Waals surface area contributed by atoms with Gasteiger partial charge in [-0.05, 0) is 99.2 Å². The average molecular weight is 303 g/mol. The van der Waals surface area contributed by atoms with Crippen LogP contribution in [0.4, 0.5) is 0 Å². The summed E-state index contributed by atoms with van der Waals surface area (Å²) in [7, 11) is 0. The molecule has 1 heteroatoms. The van der Waals surface area contributed by atoms with Gasteiger partial charge in [-0.15, -0.1) is 0 Å². The third kappa shape index (κ3) is 1.81. The first kappa shape index (κ1) is 15.2. The van der Waals surface area contributed by atoms with Gasteiger partial charge in [0, 0.05) is 0 Å². The molecular formula is C21H34O. The maximum absolute atomic E-state index is 11.0. The van der Waals surface area contributed by atoms with Crippen LogP contribution in [-0.4, -0.2) is 10.7 Å². The van der Waals surface area contributed by atoms with Crippen molar-refractivity contribution in [2.45, 2.75) is 84.2 Å². The smallest absolute Gasteiger partial charge is 0.0675 e. The third-order valence-corrected chi connectivity index (χ3v) is 9.10. The highest BCUT2D eigenvalue weighted by Crippen LogP contribution is 2.68. The third-order valence-electron chi connectivity index (χ3n) is 9.10. The molecule has 124 valence electrons. The Kier molecular flexibility index (Phi) is 3.20. The summed E-state index contributed by atoms with van der Waals surface area (Å²) in [6, 6.07) is 0. The molecule has 7 atom stereocenters. The fourth-order valence-corrected chi connectivity index (χ4v) is 7.53. The van der Waals surface area contributed by atoms with Crippen LogP contribution >= 0.6 is 0 Å². The summed E-state index contributed by atoms with van der Waals surface area (Å²) in [6.07, 6.45) is 11.6. The summed E-state index contributed by atoms with van der Waals surface area (Å²) in [5, 5.41) is 11.0. The van der Waals surface area contributed by atoms with Gasteiger partial charge >= 0.3 is 0 Å². The van der Waals surface area contributed by atoms with E-state index in [0.29, 0.717) is 5.41 Å². The van der Waals surface area contributed by atoms with Crippen molar-refractivity contribution in [2.75, 3.05) is 0 Å². The summed E-state index contributed by atoms with van der Waals surface area (Å²) in [5.41, 5.74) is 1.75. The van der Waals surface area contributed by atoms with Crippen LogP contribution in [0.2, 0.25) is 0 Å². The maximum atomic E-state index is 11.0. The fraction of sp³-hybridized carbons (Fsp3) is 0.905. The van der Waals surface area contributed by atoms with Crippen molar-refractivity contribution in [2.24, 2.45) is 34.5 Å². The van der Waals surface area contributed by atoms with E-state index in [1.165, 1.54) is 56.9 Å². The van der Waals surface area contributed by atoms with Crippen molar-refractivity contribution in [3.05, 3.63) is 12.2 Å². The molecule has 0 aromatic heterocycles. The first-order chi connectivity index (χ1) is 10.3. The Morgan fingerprint density at radius 2 is 1.68 bits per heavy atom. The zero-order valence-electron chi connectivity index (χ0n) is 14.8. The predicted molar refractivity (Wildman–Crippen MR) is 91.5 cm³/mol. The van der Waals surface area contributed by atoms with Gasteiger partial charge in [0.15, 0.2) is 0 Å². The molecule has 0 bridgehead atoms. The van der Waals surface area contributed by atoms with Crippen molar-refractivity contribution >= 4 is 0 Å². The summed E-state index contributed by atoms with van der Waals surface area (Å²) in [5.74, 6) is 3.44. The van der Waals surface area contributed by atoms with E-state index in [1.54, 1.807) is 0 Å². The molecule has 7 unspecified atom stereocenters. The van der Waals surface area contributed by atoms with E-state index in [1.807, 2.05) is 0 Å². The summed E-state index contributed by atoms with van der Waals surface area (Å²) < 4.78 is 0. The van der Waals surface area contributed by atoms with Crippen molar-refractivity contribution in [3.63, 3.8) is 0 Å². The van der Waals surface area contributed by atoms with E-state index >= 15 is 0 Å². The average Bonchev–Trinajstić information content (AvgIpc) is 2.68. The molecule has 4 rings (SSSR count). The Bertz CT molecular complexity index is 492. The number of hydrogen-bond acceptors (Lipinski definition) is 1. The lowest BCUT2D eigenvalue weighted by Crippen LogP contribution is -2.55. The lowest BCUT2D eigenvalue weighted by atomic mass is 9.44. The number of rotatable bonds is 0. The first-order valence-electron chi connectivity index (χ1n) is 9.67. The number of allylic oxidation sites excluding steroid dienone is 1. The molecule has 22 heavy (non-hydrogen) atoms. The van der Waals surface area contributed by atoms with E-state index in [4.69, 9.17) is 0 Å². The molecule has 1 N–H and O–H groups in total. The molecule has 4 aliphatic carbocycles. The highest BCUT2D eigenvalue weighted by molar-refractivity contribution is 5.16. The highest BCUT2D eigenvalue weighted by Gasteiger charge is 2.62. The van der Waals surface area contributed by atoms with Crippen LogP contribution in [0.25, 0.3) is 0 Å². The molecule has 0 radical (unpaired) electrons. The Hall–Kier alpha value is -0.300. The molecule has 0 heterocycles. The second kappa shape index (κ2) is 4.62. The van der Waals surface area contributed by atoms with Gasteiger partial charge in [-0.25, -0.2) is 0 Å². The van der Waals surface area contributed by atoms with Crippen LogP contribution in [0.1, 0.15) is 78.6 Å². The van der Waals surface area contributed by atoms with Gasteiger partial charge in [-0.3, -0.25) is 0 Å². The van der Waals surface area contributed by atoms with E-state index in [2.05, 4.69) is 27.4 Å². The lowest BCUT2D eigenvalue weighted by molar-refractivity contribution is -0.141. The van der Waals surface area contributed by atoms with Crippen molar-refractivity contribution in [3.8, 4) is 0 Å². The monoisotopic (exact) mass is 302 g/mol. The lowest BCUT2D eigenvalue weighted by Gasteiger charge is -2.61. The van der Waals surface area contributed by atoms with E-state index in [0.717, 1.165) is 30.1 Å². The minimum absolute atomic E-state index is 0.170. The Morgan fingerprint density at radius 3 is 2.45 bits per heavy atom. The van der Waals surface area contributed by atoms with Crippen molar-refractivity contribution in [1.82, 2.24) is 0 Å². The number of hydrogen-bond donors (Lipinski definition) is 1. The zero-order valence-corrected chi connectivity index (χ0v) is 14.8. The van der Waals surface area contributed by atoms with Crippen molar-refractivity contribution < 1.29 is 5.11 Å². The number of fused-ring (bicyclic) bond motifs is 5. The molecule has 0 aromatic carbocycles. The second-order valence-electron chi connectivity index (χ2n) is 9.89. The minimum Gasteiger partial charge on any atom is -0.390 e. The molecule has 0 saturated heterocycles. The van der Waals surface area contributed by atoms with Gasteiger partial charge in [-0.2, -0.15) is 0 Å². The van der Waals surface area contributed by atoms with Gasteiger partial charge in [0.05, 0.1) is 5.60 Å². The number of aliphatic hydroxyl groups is 1. The molecule has 0 amide bonds. The second-order valence-corrected chi connectivity index (χ2v) is 9.89. The van der Waals surface area contributed by atoms with Crippen LogP contribution in [0.3, 0.4) is 0 Å². The molecule has 1 nitrogen and oxygen atoms in total. The fourth-order valence-electron chi connectivity index (χ4n) is 7.53. The molecule has 4 saturated carbocycles. The van der Waals surface area contributed by atoms with Crippen LogP contribution in [0.15, 0.2) is 12.2 Å². The quantitative estimate of drug-likeness (QED) is 0.599. The normalized spacial score (nSPS) is 57.9. The topological polar surface area (TPSA) is 20.2 Å². The molecule has 0 aliphatic heterocycles. The van der Waals surface area contributed by atoms with Gasteiger partial charge < -0.3 is 5.11 Å². The zero-order chi connectivity index (χ0) is 15.8. The highest BCUT2D eigenvalue weighted by atomic mass is 16.3. The van der Waals surface area contributed by atoms with Crippen LogP contribution in [-0.2, 0) is 0 Å². The molecular weight excluding hydrogens is 268 g/mol. The Labute approximate surface area is 136 Å². The standard InChI is InChI=1S/C21H34O/c1-14-5-6-15-7-8-16-17(19(15,2)13-14)9-11-20(3)18(16)10-12-21(20,4)22/h15-18,22H,1,5-13H2,2-4H3. The SMILES string of the molecule is C=C1CCC2CCC3C(CCC4(C)C3CCC4(C)O)C2(C)C1. The molecule has 4 aliphatic rings. The largest absolute Gasteiger partial charge is 0.390 e. The minimum atomic E-state index is -0.434. The van der Waals surface area contributed by atoms with Crippen molar-refractivity contribution in [1.29, 1.82) is 0 Å². The van der Waals surface area contributed by atoms with Crippen LogP contribution in [0, 0.1) is 34.5 Å². The summed E-state index contributed by atoms with van der Waals surface area (Å²) in [4.78, 5) is 0. The Balaban J connectivity index is 1.67.